The van der Waals surface area contributed by atoms with Crippen LogP contribution in [0.25, 0.3) is 0 Å². The van der Waals surface area contributed by atoms with Gasteiger partial charge in [-0.15, -0.1) is 0 Å². The second-order valence-corrected chi connectivity index (χ2v) is 3.96. The lowest BCUT2D eigenvalue weighted by Crippen LogP contribution is -2.52. The van der Waals surface area contributed by atoms with Crippen molar-refractivity contribution < 1.29 is 27.9 Å². The highest BCUT2D eigenvalue weighted by Gasteiger charge is 2.44. The third-order valence-electron chi connectivity index (χ3n) is 2.39. The van der Waals surface area contributed by atoms with Crippen LogP contribution in [0, 0.1) is 5.41 Å². The van der Waals surface area contributed by atoms with Gasteiger partial charge in [0.25, 0.3) is 0 Å². The van der Waals surface area contributed by atoms with E-state index in [1.807, 2.05) is 0 Å². The maximum absolute atomic E-state index is 12.0. The molecule has 94 valence electrons. The minimum Gasteiger partial charge on any atom is -0.481 e. The van der Waals surface area contributed by atoms with Gasteiger partial charge >= 0.3 is 18.1 Å². The van der Waals surface area contributed by atoms with Crippen molar-refractivity contribution in [2.45, 2.75) is 39.4 Å². The molecule has 0 aromatic rings. The SMILES string of the molecule is CC[C@@H](NC(=O)C(F)(F)F)C(C)(C)C(=O)O. The molecule has 0 heterocycles. The molecule has 0 aliphatic carbocycles. The van der Waals surface area contributed by atoms with Gasteiger partial charge in [0.2, 0.25) is 0 Å². The smallest absolute Gasteiger partial charge is 0.471 e. The number of halogens is 3. The molecule has 16 heavy (non-hydrogen) atoms. The van der Waals surface area contributed by atoms with Crippen LogP contribution < -0.4 is 5.32 Å². The minimum absolute atomic E-state index is 0.0983. The Morgan fingerprint density at radius 2 is 1.75 bits per heavy atom. The molecule has 7 heteroatoms. The molecule has 0 unspecified atom stereocenters. The van der Waals surface area contributed by atoms with Gasteiger partial charge in [0.15, 0.2) is 0 Å². The van der Waals surface area contributed by atoms with Crippen molar-refractivity contribution >= 4 is 11.9 Å². The molecule has 0 saturated heterocycles. The summed E-state index contributed by atoms with van der Waals surface area (Å²) in [4.78, 5) is 21.5. The maximum Gasteiger partial charge on any atom is 0.471 e. The quantitative estimate of drug-likeness (QED) is 0.784. The second kappa shape index (κ2) is 4.71. The lowest BCUT2D eigenvalue weighted by atomic mass is 9.83. The molecule has 0 aliphatic rings. The third kappa shape index (κ3) is 3.39. The molecule has 0 aromatic carbocycles. The van der Waals surface area contributed by atoms with Crippen LogP contribution >= 0.6 is 0 Å². The maximum atomic E-state index is 12.0. The van der Waals surface area contributed by atoms with Crippen molar-refractivity contribution in [2.75, 3.05) is 0 Å². The van der Waals surface area contributed by atoms with E-state index in [-0.39, 0.29) is 6.42 Å². The van der Waals surface area contributed by atoms with Crippen molar-refractivity contribution in [1.82, 2.24) is 5.32 Å². The lowest BCUT2D eigenvalue weighted by molar-refractivity contribution is -0.176. The summed E-state index contributed by atoms with van der Waals surface area (Å²) in [6.45, 7) is 4.03. The Morgan fingerprint density at radius 1 is 1.31 bits per heavy atom. The molecular weight excluding hydrogens is 227 g/mol. The van der Waals surface area contributed by atoms with Gasteiger partial charge in [0.05, 0.1) is 5.41 Å². The van der Waals surface area contributed by atoms with E-state index in [4.69, 9.17) is 5.11 Å². The zero-order valence-electron chi connectivity index (χ0n) is 9.18. The number of amides is 1. The number of alkyl halides is 3. The minimum atomic E-state index is -5.00. The number of carboxylic acids is 1. The van der Waals surface area contributed by atoms with E-state index in [1.165, 1.54) is 20.8 Å². The lowest BCUT2D eigenvalue weighted by Gasteiger charge is -2.30. The molecule has 0 radical (unpaired) electrons. The molecule has 0 spiro atoms. The first-order chi connectivity index (χ1) is 7.03. The van der Waals surface area contributed by atoms with Crippen LogP contribution in [0.15, 0.2) is 0 Å². The average Bonchev–Trinajstić information content (AvgIpc) is 2.11. The van der Waals surface area contributed by atoms with E-state index >= 15 is 0 Å². The van der Waals surface area contributed by atoms with E-state index in [0.29, 0.717) is 0 Å². The molecule has 0 saturated carbocycles. The predicted octanol–water partition coefficient (Wildman–Crippen LogP) is 1.55. The van der Waals surface area contributed by atoms with Crippen molar-refractivity contribution in [2.24, 2.45) is 5.41 Å². The third-order valence-corrected chi connectivity index (χ3v) is 2.39. The zero-order chi connectivity index (χ0) is 13.1. The summed E-state index contributed by atoms with van der Waals surface area (Å²) in [7, 11) is 0. The van der Waals surface area contributed by atoms with Crippen LogP contribution in [-0.2, 0) is 9.59 Å². The van der Waals surface area contributed by atoms with Gasteiger partial charge in [0.1, 0.15) is 0 Å². The Morgan fingerprint density at radius 3 is 2.00 bits per heavy atom. The number of nitrogens with one attached hydrogen (secondary N) is 1. The van der Waals surface area contributed by atoms with E-state index in [2.05, 4.69) is 0 Å². The average molecular weight is 241 g/mol. The fraction of sp³-hybridized carbons (Fsp3) is 0.778. The monoisotopic (exact) mass is 241 g/mol. The summed E-state index contributed by atoms with van der Waals surface area (Å²) in [5, 5.41) is 10.5. The van der Waals surface area contributed by atoms with Crippen LogP contribution in [0.2, 0.25) is 0 Å². The predicted molar refractivity (Wildman–Crippen MR) is 49.7 cm³/mol. The Labute approximate surface area is 90.8 Å². The topological polar surface area (TPSA) is 66.4 Å². The van der Waals surface area contributed by atoms with E-state index in [0.717, 1.165) is 0 Å². The van der Waals surface area contributed by atoms with Gasteiger partial charge in [-0.25, -0.2) is 0 Å². The molecule has 0 rings (SSSR count). The molecule has 1 amide bonds. The van der Waals surface area contributed by atoms with Gasteiger partial charge in [-0.3, -0.25) is 9.59 Å². The van der Waals surface area contributed by atoms with Gasteiger partial charge in [-0.1, -0.05) is 6.92 Å². The first-order valence-electron chi connectivity index (χ1n) is 4.64. The zero-order valence-corrected chi connectivity index (χ0v) is 9.18. The Kier molecular flexibility index (Phi) is 4.34. The van der Waals surface area contributed by atoms with Crippen LogP contribution in [0.5, 0.6) is 0 Å². The van der Waals surface area contributed by atoms with E-state index in [1.54, 1.807) is 5.32 Å². The molecule has 0 bridgehead atoms. The summed E-state index contributed by atoms with van der Waals surface area (Å²) in [5.41, 5.74) is -1.45. The van der Waals surface area contributed by atoms with Crippen molar-refractivity contribution in [3.8, 4) is 0 Å². The summed E-state index contributed by atoms with van der Waals surface area (Å²) in [6.07, 6.45) is -4.90. The highest BCUT2D eigenvalue weighted by molar-refractivity contribution is 5.83. The standard InChI is InChI=1S/C9H14F3NO3/c1-4-5(8(2,3)7(15)16)13-6(14)9(10,11)12/h5H,4H2,1-3H3,(H,13,14)(H,15,16)/t5-/m1/s1. The van der Waals surface area contributed by atoms with Gasteiger partial charge in [-0.05, 0) is 20.3 Å². The summed E-state index contributed by atoms with van der Waals surface area (Å²) in [5.74, 6) is -3.38. The number of carbonyl (C=O) groups excluding carboxylic acids is 1. The molecule has 0 aliphatic heterocycles. The van der Waals surface area contributed by atoms with Crippen LogP contribution in [0.3, 0.4) is 0 Å². The van der Waals surface area contributed by atoms with Gasteiger partial charge in [0, 0.05) is 6.04 Å². The Balaban J connectivity index is 4.79. The number of hydrogen-bond donors (Lipinski definition) is 2. The highest BCUT2D eigenvalue weighted by atomic mass is 19.4. The number of aliphatic carboxylic acids is 1. The molecule has 0 fully saturated rings. The van der Waals surface area contributed by atoms with E-state index < -0.39 is 29.5 Å². The fourth-order valence-electron chi connectivity index (χ4n) is 1.18. The van der Waals surface area contributed by atoms with Gasteiger partial charge < -0.3 is 10.4 Å². The summed E-state index contributed by atoms with van der Waals surface area (Å²) >= 11 is 0. The fourth-order valence-corrected chi connectivity index (χ4v) is 1.18. The first-order valence-corrected chi connectivity index (χ1v) is 4.64. The van der Waals surface area contributed by atoms with Crippen LogP contribution in [-0.4, -0.2) is 29.2 Å². The largest absolute Gasteiger partial charge is 0.481 e. The number of carbonyl (C=O) groups is 2. The molecule has 1 atom stereocenters. The molecule has 0 aromatic heterocycles. The van der Waals surface area contributed by atoms with Gasteiger partial charge in [-0.2, -0.15) is 13.2 Å². The number of hydrogen-bond acceptors (Lipinski definition) is 2. The normalized spacial score (nSPS) is 14.4. The van der Waals surface area contributed by atoms with Crippen molar-refractivity contribution in [3.63, 3.8) is 0 Å². The molecular formula is C9H14F3NO3. The van der Waals surface area contributed by atoms with Crippen molar-refractivity contribution in [1.29, 1.82) is 0 Å². The van der Waals surface area contributed by atoms with Crippen LogP contribution in [0.1, 0.15) is 27.2 Å². The Bertz CT molecular complexity index is 286. The molecule has 4 nitrogen and oxygen atoms in total. The summed E-state index contributed by atoms with van der Waals surface area (Å²) in [6, 6.07) is -1.07. The van der Waals surface area contributed by atoms with Crippen molar-refractivity contribution in [3.05, 3.63) is 0 Å². The van der Waals surface area contributed by atoms with E-state index in [9.17, 15) is 22.8 Å². The Hall–Kier alpha value is -1.27. The number of carboxylic acid groups (broad SMARTS) is 1. The summed E-state index contributed by atoms with van der Waals surface area (Å²) < 4.78 is 35.9. The van der Waals surface area contributed by atoms with Crippen LogP contribution in [0.4, 0.5) is 13.2 Å². The molecule has 2 N–H and O–H groups in total. The first kappa shape index (κ1) is 14.7. The highest BCUT2D eigenvalue weighted by Crippen LogP contribution is 2.25. The second-order valence-electron chi connectivity index (χ2n) is 3.96. The number of rotatable bonds is 4.